The molecule has 0 bridgehead atoms. The van der Waals surface area contributed by atoms with Crippen molar-refractivity contribution in [3.8, 4) is 0 Å². The Hall–Kier alpha value is -2.85. The molecule has 0 saturated carbocycles. The van der Waals surface area contributed by atoms with Crippen LogP contribution in [0, 0.1) is 0 Å². The van der Waals surface area contributed by atoms with E-state index in [0.717, 1.165) is 0 Å². The number of nitrogens with one attached hydrogen (secondary N) is 1. The Labute approximate surface area is 267 Å². The van der Waals surface area contributed by atoms with Crippen LogP contribution in [0.4, 0.5) is 0 Å². The molecule has 4 aromatic carbocycles. The van der Waals surface area contributed by atoms with Crippen molar-refractivity contribution in [2.75, 3.05) is 26.4 Å². The largest absolute Gasteiger partial charge is 0.406 e. The summed E-state index contributed by atoms with van der Waals surface area (Å²) in [5.41, 5.74) is 0. The van der Waals surface area contributed by atoms with Gasteiger partial charge in [-0.05, 0) is 30.8 Å². The van der Waals surface area contributed by atoms with E-state index in [1.807, 2.05) is 0 Å². The molecule has 0 spiro atoms. The first-order chi connectivity index (χ1) is 21.1. The van der Waals surface area contributed by atoms with Crippen molar-refractivity contribution < 1.29 is 13.6 Å². The van der Waals surface area contributed by atoms with E-state index in [0.29, 0.717) is 26.4 Å². The molecule has 0 amide bonds. The topological polar surface area (TPSA) is 39.7 Å². The fourth-order valence-corrected chi connectivity index (χ4v) is 16.2. The molecule has 1 fully saturated rings. The van der Waals surface area contributed by atoms with Crippen LogP contribution in [0.15, 0.2) is 121 Å². The summed E-state index contributed by atoms with van der Waals surface area (Å²) in [7, 11) is -5.27. The molecule has 0 aromatic heterocycles. The normalized spacial score (nSPS) is 18.2. The van der Waals surface area contributed by atoms with Gasteiger partial charge in [-0.1, -0.05) is 163 Å². The number of hydrogen-bond acceptors (Lipinski definition) is 4. The monoisotopic (exact) mass is 623 g/mol. The number of hydrogen-bond donors (Lipinski definition) is 1. The number of benzene rings is 4. The van der Waals surface area contributed by atoms with Gasteiger partial charge in [0, 0.05) is 0 Å². The van der Waals surface area contributed by atoms with Gasteiger partial charge in [0.1, 0.15) is 0 Å². The highest BCUT2D eigenvalue weighted by Gasteiger charge is 2.52. The van der Waals surface area contributed by atoms with Crippen LogP contribution >= 0.6 is 0 Å². The molecule has 4 aromatic rings. The first-order valence-electron chi connectivity index (χ1n) is 15.9. The summed E-state index contributed by atoms with van der Waals surface area (Å²) in [6.07, 6.45) is 0. The second-order valence-corrected chi connectivity index (χ2v) is 22.7. The van der Waals surface area contributed by atoms with Gasteiger partial charge in [0.15, 0.2) is 0 Å². The van der Waals surface area contributed by atoms with Gasteiger partial charge in [-0.25, -0.2) is 0 Å². The van der Waals surface area contributed by atoms with Crippen molar-refractivity contribution in [3.05, 3.63) is 121 Å². The Balaban J connectivity index is 1.38. The quantitative estimate of drug-likeness (QED) is 0.237. The second kappa shape index (κ2) is 13.6. The maximum Gasteiger partial charge on any atom is 0.261 e. The van der Waals surface area contributed by atoms with Crippen LogP contribution in [-0.4, -0.2) is 55.1 Å². The standard InChI is InChI=1S/C38H49NO3Si2/c1-37(2,3)43(33-19-11-7-12-20-33,34-21-13-8-14-22-34)41-29-31-27-40-28-32(39-31)30-42-44(38(4,5)6,35-23-15-9-16-24-35)36-25-17-10-18-26-36/h7-26,31-32,39H,27-30H2,1-6H3/t31-,32-/m0/s1. The lowest BCUT2D eigenvalue weighted by Crippen LogP contribution is -2.69. The van der Waals surface area contributed by atoms with E-state index in [1.165, 1.54) is 20.7 Å². The van der Waals surface area contributed by atoms with Crippen molar-refractivity contribution in [1.29, 1.82) is 0 Å². The molecule has 0 aliphatic carbocycles. The maximum absolute atomic E-state index is 7.26. The number of morpholine rings is 1. The van der Waals surface area contributed by atoms with Crippen LogP contribution in [0.5, 0.6) is 0 Å². The first-order valence-corrected chi connectivity index (χ1v) is 19.7. The molecule has 232 valence electrons. The van der Waals surface area contributed by atoms with Crippen molar-refractivity contribution in [1.82, 2.24) is 5.32 Å². The Morgan fingerprint density at radius 2 is 0.795 bits per heavy atom. The van der Waals surface area contributed by atoms with Crippen LogP contribution in [0.25, 0.3) is 0 Å². The summed E-state index contributed by atoms with van der Waals surface area (Å²) in [6.45, 7) is 16.3. The molecule has 6 heteroatoms. The van der Waals surface area contributed by atoms with Gasteiger partial charge in [-0.2, -0.15) is 0 Å². The van der Waals surface area contributed by atoms with E-state index in [2.05, 4.69) is 168 Å². The van der Waals surface area contributed by atoms with Crippen molar-refractivity contribution >= 4 is 37.4 Å². The molecule has 1 heterocycles. The van der Waals surface area contributed by atoms with Gasteiger partial charge >= 0.3 is 0 Å². The van der Waals surface area contributed by atoms with E-state index >= 15 is 0 Å². The zero-order chi connectivity index (χ0) is 31.3. The lowest BCUT2D eigenvalue weighted by Gasteiger charge is -2.45. The Morgan fingerprint density at radius 1 is 0.523 bits per heavy atom. The lowest BCUT2D eigenvalue weighted by atomic mass is 10.2. The predicted molar refractivity (Wildman–Crippen MR) is 189 cm³/mol. The molecule has 1 aliphatic heterocycles. The molecular weight excluding hydrogens is 575 g/mol. The van der Waals surface area contributed by atoms with Crippen molar-refractivity contribution in [3.63, 3.8) is 0 Å². The molecule has 44 heavy (non-hydrogen) atoms. The highest BCUT2D eigenvalue weighted by atomic mass is 28.4. The predicted octanol–water partition coefficient (Wildman–Crippen LogP) is 5.50. The van der Waals surface area contributed by atoms with Gasteiger partial charge in [-0.15, -0.1) is 0 Å². The maximum atomic E-state index is 7.26. The van der Waals surface area contributed by atoms with E-state index < -0.39 is 16.6 Å². The minimum absolute atomic E-state index is 0.0677. The van der Waals surface area contributed by atoms with Crippen molar-refractivity contribution in [2.24, 2.45) is 0 Å². The second-order valence-electron chi connectivity index (χ2n) is 14.0. The van der Waals surface area contributed by atoms with E-state index in [-0.39, 0.29) is 22.2 Å². The smallest absolute Gasteiger partial charge is 0.261 e. The molecule has 2 atom stereocenters. The van der Waals surface area contributed by atoms with Crippen LogP contribution in [0.3, 0.4) is 0 Å². The lowest BCUT2D eigenvalue weighted by molar-refractivity contribution is 0.0154. The van der Waals surface area contributed by atoms with Gasteiger partial charge in [-0.3, -0.25) is 0 Å². The zero-order valence-corrected chi connectivity index (χ0v) is 29.3. The fraction of sp³-hybridized carbons (Fsp3) is 0.368. The molecule has 0 unspecified atom stereocenters. The van der Waals surface area contributed by atoms with Crippen LogP contribution in [-0.2, 0) is 13.6 Å². The van der Waals surface area contributed by atoms with Crippen LogP contribution in [0.2, 0.25) is 10.1 Å². The van der Waals surface area contributed by atoms with Gasteiger partial charge in [0.2, 0.25) is 0 Å². The van der Waals surface area contributed by atoms with Crippen LogP contribution in [0.1, 0.15) is 41.5 Å². The average molecular weight is 624 g/mol. The molecule has 4 nitrogen and oxygen atoms in total. The third kappa shape index (κ3) is 6.57. The van der Waals surface area contributed by atoms with Crippen molar-refractivity contribution in [2.45, 2.75) is 63.7 Å². The van der Waals surface area contributed by atoms with Gasteiger partial charge < -0.3 is 18.9 Å². The highest BCUT2D eigenvalue weighted by molar-refractivity contribution is 7.00. The summed E-state index contributed by atoms with van der Waals surface area (Å²) in [4.78, 5) is 0. The summed E-state index contributed by atoms with van der Waals surface area (Å²) < 4.78 is 20.7. The summed E-state index contributed by atoms with van der Waals surface area (Å²) in [5.74, 6) is 0. The molecular formula is C38H49NO3Si2. The summed E-state index contributed by atoms with van der Waals surface area (Å²) in [5, 5.41) is 8.91. The molecule has 1 saturated heterocycles. The Morgan fingerprint density at radius 3 is 1.05 bits per heavy atom. The van der Waals surface area contributed by atoms with E-state index in [1.54, 1.807) is 0 Å². The number of ether oxygens (including phenoxy) is 1. The third-order valence-corrected chi connectivity index (χ3v) is 19.0. The fourth-order valence-electron chi connectivity index (χ4n) is 6.95. The van der Waals surface area contributed by atoms with E-state index in [9.17, 15) is 0 Å². The minimum Gasteiger partial charge on any atom is -0.406 e. The van der Waals surface area contributed by atoms with Gasteiger partial charge in [0.25, 0.3) is 16.6 Å². The van der Waals surface area contributed by atoms with Gasteiger partial charge in [0.05, 0.1) is 38.5 Å². The average Bonchev–Trinajstić information content (AvgIpc) is 3.03. The minimum atomic E-state index is -2.64. The molecule has 5 rings (SSSR count). The molecule has 1 N–H and O–H groups in total. The van der Waals surface area contributed by atoms with E-state index in [4.69, 9.17) is 13.6 Å². The Bertz CT molecular complexity index is 1250. The first kappa shape index (κ1) is 32.5. The zero-order valence-electron chi connectivity index (χ0n) is 27.3. The SMILES string of the molecule is CC(C)(C)[Si](OC[C@@H]1COC[C@@H](CO[Si](c2ccccc2)(c2ccccc2)C(C)(C)C)N1)(c1ccccc1)c1ccccc1. The molecule has 0 radical (unpaired) electrons. The summed E-state index contributed by atoms with van der Waals surface area (Å²) in [6, 6.07) is 43.5. The highest BCUT2D eigenvalue weighted by Crippen LogP contribution is 2.38. The summed E-state index contributed by atoms with van der Waals surface area (Å²) >= 11 is 0. The molecule has 1 aliphatic rings. The van der Waals surface area contributed by atoms with Crippen LogP contribution < -0.4 is 26.1 Å². The third-order valence-electron chi connectivity index (χ3n) is 8.95. The number of rotatable bonds is 10. The Kier molecular flexibility index (Phi) is 10.1.